The third kappa shape index (κ3) is 5.07. The van der Waals surface area contributed by atoms with Gasteiger partial charge in [-0.3, -0.25) is 9.59 Å². The first-order chi connectivity index (χ1) is 11.0. The Balaban J connectivity index is 1.89. The first-order valence-corrected chi connectivity index (χ1v) is 7.33. The van der Waals surface area contributed by atoms with Crippen LogP contribution < -0.4 is 5.32 Å². The van der Waals surface area contributed by atoms with Crippen LogP contribution in [-0.4, -0.2) is 18.0 Å². The highest BCUT2D eigenvalue weighted by Gasteiger charge is 2.19. The molecule has 0 aliphatic carbocycles. The van der Waals surface area contributed by atoms with Crippen LogP contribution in [0.4, 0.5) is 10.1 Å². The summed E-state index contributed by atoms with van der Waals surface area (Å²) in [6.07, 6.45) is -1.23. The van der Waals surface area contributed by atoms with Crippen LogP contribution in [0.5, 0.6) is 0 Å². The van der Waals surface area contributed by atoms with Gasteiger partial charge in [0.2, 0.25) is 0 Å². The molecule has 0 unspecified atom stereocenters. The lowest BCUT2D eigenvalue weighted by molar-refractivity contribution is -0.152. The normalized spacial score (nSPS) is 11.6. The summed E-state index contributed by atoms with van der Waals surface area (Å²) in [6.45, 7) is 1.45. The van der Waals surface area contributed by atoms with Crippen molar-refractivity contribution in [1.82, 2.24) is 0 Å². The Hall–Kier alpha value is -2.40. The summed E-state index contributed by atoms with van der Waals surface area (Å²) < 4.78 is 18.5. The highest BCUT2D eigenvalue weighted by molar-refractivity contribution is 6.30. The minimum atomic E-state index is -0.995. The van der Waals surface area contributed by atoms with Crippen molar-refractivity contribution in [3.8, 4) is 0 Å². The van der Waals surface area contributed by atoms with Crippen LogP contribution in [0.25, 0.3) is 0 Å². The second kappa shape index (κ2) is 7.74. The molecule has 4 nitrogen and oxygen atoms in total. The lowest BCUT2D eigenvalue weighted by Crippen LogP contribution is -2.30. The van der Waals surface area contributed by atoms with Crippen molar-refractivity contribution in [2.24, 2.45) is 0 Å². The topological polar surface area (TPSA) is 55.4 Å². The molecule has 1 atom stereocenters. The monoisotopic (exact) mass is 335 g/mol. The molecule has 0 bridgehead atoms. The van der Waals surface area contributed by atoms with E-state index in [1.54, 1.807) is 30.3 Å². The molecular formula is C17H15ClFNO3. The molecule has 0 heterocycles. The van der Waals surface area contributed by atoms with E-state index in [9.17, 15) is 14.0 Å². The largest absolute Gasteiger partial charge is 0.452 e. The van der Waals surface area contributed by atoms with E-state index >= 15 is 0 Å². The number of carbonyl (C=O) groups excluding carboxylic acids is 2. The van der Waals surface area contributed by atoms with E-state index < -0.39 is 23.8 Å². The van der Waals surface area contributed by atoms with Gasteiger partial charge in [0.25, 0.3) is 5.91 Å². The lowest BCUT2D eigenvalue weighted by Gasteiger charge is -2.13. The van der Waals surface area contributed by atoms with Crippen LogP contribution in [0, 0.1) is 5.82 Å². The minimum absolute atomic E-state index is 0.225. The third-order valence-electron chi connectivity index (χ3n) is 3.08. The maximum Gasteiger partial charge on any atom is 0.311 e. The Kier molecular flexibility index (Phi) is 5.71. The summed E-state index contributed by atoms with van der Waals surface area (Å²) in [6, 6.07) is 12.4. The molecule has 23 heavy (non-hydrogen) atoms. The summed E-state index contributed by atoms with van der Waals surface area (Å²) in [4.78, 5) is 23.7. The van der Waals surface area contributed by atoms with E-state index in [0.29, 0.717) is 10.7 Å². The molecule has 0 aromatic heterocycles. The molecule has 0 spiro atoms. The standard InChI is InChI=1S/C17H15ClFNO3/c1-11(17(22)20-14-8-6-13(18)7-9-14)23-16(21)10-12-4-2-3-5-15(12)19/h2-9,11H,10H2,1H3,(H,20,22)/t11-/m0/s1. The van der Waals surface area contributed by atoms with Crippen molar-refractivity contribution in [2.75, 3.05) is 5.32 Å². The second-order valence-corrected chi connectivity index (χ2v) is 5.33. The number of anilines is 1. The predicted octanol–water partition coefficient (Wildman–Crippen LogP) is 3.59. The number of amides is 1. The van der Waals surface area contributed by atoms with Crippen LogP contribution in [-0.2, 0) is 20.7 Å². The van der Waals surface area contributed by atoms with Gasteiger partial charge in [-0.15, -0.1) is 0 Å². The number of benzene rings is 2. The number of hydrogen-bond acceptors (Lipinski definition) is 3. The van der Waals surface area contributed by atoms with Crippen LogP contribution >= 0.6 is 11.6 Å². The van der Waals surface area contributed by atoms with E-state index in [4.69, 9.17) is 16.3 Å². The van der Waals surface area contributed by atoms with Gasteiger partial charge in [-0.2, -0.15) is 0 Å². The zero-order chi connectivity index (χ0) is 16.8. The van der Waals surface area contributed by atoms with Gasteiger partial charge in [-0.1, -0.05) is 29.8 Å². The first-order valence-electron chi connectivity index (χ1n) is 6.95. The highest BCUT2D eigenvalue weighted by atomic mass is 35.5. The van der Waals surface area contributed by atoms with Gasteiger partial charge in [0.1, 0.15) is 5.82 Å². The fourth-order valence-electron chi connectivity index (χ4n) is 1.87. The number of rotatable bonds is 5. The van der Waals surface area contributed by atoms with Gasteiger partial charge >= 0.3 is 5.97 Å². The van der Waals surface area contributed by atoms with E-state index in [1.807, 2.05) is 0 Å². The van der Waals surface area contributed by atoms with Gasteiger partial charge in [0, 0.05) is 10.7 Å². The molecule has 1 amide bonds. The summed E-state index contributed by atoms with van der Waals surface area (Å²) in [5.41, 5.74) is 0.763. The number of carbonyl (C=O) groups is 2. The van der Waals surface area contributed by atoms with Crippen LogP contribution in [0.2, 0.25) is 5.02 Å². The average molecular weight is 336 g/mol. The van der Waals surface area contributed by atoms with Crippen molar-refractivity contribution >= 4 is 29.2 Å². The molecule has 2 aromatic rings. The summed E-state index contributed by atoms with van der Waals surface area (Å²) in [7, 11) is 0. The molecule has 0 saturated carbocycles. The molecule has 120 valence electrons. The summed E-state index contributed by atoms with van der Waals surface area (Å²) in [5.74, 6) is -1.63. The minimum Gasteiger partial charge on any atom is -0.452 e. The molecule has 0 saturated heterocycles. The second-order valence-electron chi connectivity index (χ2n) is 4.90. The van der Waals surface area contributed by atoms with E-state index in [0.717, 1.165) is 0 Å². The maximum absolute atomic E-state index is 13.5. The maximum atomic E-state index is 13.5. The molecule has 2 aromatic carbocycles. The lowest BCUT2D eigenvalue weighted by atomic mass is 10.1. The molecule has 0 aliphatic rings. The Labute approximate surface area is 138 Å². The van der Waals surface area contributed by atoms with Crippen LogP contribution in [0.15, 0.2) is 48.5 Å². The zero-order valence-corrected chi connectivity index (χ0v) is 13.1. The molecular weight excluding hydrogens is 321 g/mol. The van der Waals surface area contributed by atoms with Gasteiger partial charge in [0.05, 0.1) is 6.42 Å². The number of hydrogen-bond donors (Lipinski definition) is 1. The smallest absolute Gasteiger partial charge is 0.311 e. The Morgan fingerprint density at radius 2 is 1.83 bits per heavy atom. The van der Waals surface area contributed by atoms with Gasteiger partial charge in [0.15, 0.2) is 6.10 Å². The van der Waals surface area contributed by atoms with Crippen molar-refractivity contribution in [2.45, 2.75) is 19.4 Å². The van der Waals surface area contributed by atoms with Gasteiger partial charge in [-0.25, -0.2) is 4.39 Å². The highest BCUT2D eigenvalue weighted by Crippen LogP contribution is 2.14. The van der Waals surface area contributed by atoms with E-state index in [-0.39, 0.29) is 12.0 Å². The third-order valence-corrected chi connectivity index (χ3v) is 3.33. The fraction of sp³-hybridized carbons (Fsp3) is 0.176. The van der Waals surface area contributed by atoms with Crippen LogP contribution in [0.1, 0.15) is 12.5 Å². The summed E-state index contributed by atoms with van der Waals surface area (Å²) in [5, 5.41) is 3.15. The Morgan fingerprint density at radius 1 is 1.17 bits per heavy atom. The van der Waals surface area contributed by atoms with Crippen molar-refractivity contribution in [3.05, 3.63) is 64.9 Å². The molecule has 0 radical (unpaired) electrons. The average Bonchev–Trinajstić information content (AvgIpc) is 2.51. The Morgan fingerprint density at radius 3 is 2.48 bits per heavy atom. The molecule has 0 fully saturated rings. The SMILES string of the molecule is C[C@H](OC(=O)Cc1ccccc1F)C(=O)Nc1ccc(Cl)cc1. The van der Waals surface area contributed by atoms with Crippen molar-refractivity contribution in [3.63, 3.8) is 0 Å². The van der Waals surface area contributed by atoms with E-state index in [2.05, 4.69) is 5.32 Å². The van der Waals surface area contributed by atoms with Crippen molar-refractivity contribution in [1.29, 1.82) is 0 Å². The molecule has 6 heteroatoms. The van der Waals surface area contributed by atoms with Gasteiger partial charge < -0.3 is 10.1 Å². The first kappa shape index (κ1) is 17.0. The number of nitrogens with one attached hydrogen (secondary N) is 1. The van der Waals surface area contributed by atoms with E-state index in [1.165, 1.54) is 25.1 Å². The fourth-order valence-corrected chi connectivity index (χ4v) is 1.99. The number of ether oxygens (including phenoxy) is 1. The molecule has 1 N–H and O–H groups in total. The summed E-state index contributed by atoms with van der Waals surface area (Å²) >= 11 is 5.76. The van der Waals surface area contributed by atoms with Gasteiger partial charge in [-0.05, 0) is 42.8 Å². The molecule has 0 aliphatic heterocycles. The number of halogens is 2. The Bertz CT molecular complexity index is 703. The number of esters is 1. The molecule has 2 rings (SSSR count). The predicted molar refractivity (Wildman–Crippen MR) is 85.7 cm³/mol. The van der Waals surface area contributed by atoms with Crippen molar-refractivity contribution < 1.29 is 18.7 Å². The zero-order valence-electron chi connectivity index (χ0n) is 12.4. The quantitative estimate of drug-likeness (QED) is 0.849. The van der Waals surface area contributed by atoms with Crippen LogP contribution in [0.3, 0.4) is 0 Å².